The van der Waals surface area contributed by atoms with E-state index in [1.807, 2.05) is 38.1 Å². The maximum atomic E-state index is 12.1. The maximum absolute atomic E-state index is 12.1. The fourth-order valence-corrected chi connectivity index (χ4v) is 6.27. The van der Waals surface area contributed by atoms with Crippen LogP contribution < -0.4 is 0 Å². The molecule has 2 aromatic rings. The largest absolute Gasteiger partial charge is 0.462 e. The van der Waals surface area contributed by atoms with Gasteiger partial charge in [-0.2, -0.15) is 0 Å². The lowest BCUT2D eigenvalue weighted by molar-refractivity contribution is -0.0746. The van der Waals surface area contributed by atoms with Gasteiger partial charge in [0.15, 0.2) is 0 Å². The van der Waals surface area contributed by atoms with Crippen molar-refractivity contribution >= 4 is 11.9 Å². The minimum absolute atomic E-state index is 0.247. The van der Waals surface area contributed by atoms with Crippen LogP contribution in [0.4, 0.5) is 0 Å². The molecular weight excluding hydrogens is 414 g/mol. The summed E-state index contributed by atoms with van der Waals surface area (Å²) in [5.74, 6) is 1.02. The highest BCUT2D eigenvalue weighted by Gasteiger charge is 2.54. The Morgan fingerprint density at radius 3 is 1.64 bits per heavy atom. The molecule has 4 bridgehead atoms. The summed E-state index contributed by atoms with van der Waals surface area (Å²) in [6, 6.07) is 16.3. The standard InChI is InChI=1S/C28H31NO4/c1-4-32-27(30)21-10-6-19(7-11-21)25-23-14-18-15-24(17(23)3)26(29(25)16-18)20-8-12-22(13-9-20)28(31)33-5-2/h6-13,18,23-26H,3-5,14-16H2,1-2H3/t18?,23-,24+,25-,26-/m1/s1. The lowest BCUT2D eigenvalue weighted by atomic mass is 9.58. The molecule has 4 fully saturated rings. The van der Waals surface area contributed by atoms with Crippen LogP contribution in [0.15, 0.2) is 60.7 Å². The number of carbonyl (C=O) groups is 2. The zero-order valence-electron chi connectivity index (χ0n) is 19.3. The van der Waals surface area contributed by atoms with Crippen LogP contribution in [0.1, 0.15) is 70.6 Å². The average Bonchev–Trinajstić information content (AvgIpc) is 2.83. The Labute approximate surface area is 195 Å². The van der Waals surface area contributed by atoms with E-state index in [1.54, 1.807) is 0 Å². The van der Waals surface area contributed by atoms with Gasteiger partial charge in [0.2, 0.25) is 0 Å². The summed E-state index contributed by atoms with van der Waals surface area (Å²) in [4.78, 5) is 26.8. The Hall–Kier alpha value is -2.92. The Balaban J connectivity index is 1.46. The summed E-state index contributed by atoms with van der Waals surface area (Å²) in [7, 11) is 0. The molecule has 0 aromatic heterocycles. The molecule has 33 heavy (non-hydrogen) atoms. The number of hydrogen-bond donors (Lipinski definition) is 0. The first-order chi connectivity index (χ1) is 16.0. The number of piperidine rings is 3. The van der Waals surface area contributed by atoms with Crippen LogP contribution in [-0.2, 0) is 9.47 Å². The van der Waals surface area contributed by atoms with Crippen molar-refractivity contribution in [2.45, 2.75) is 38.8 Å². The van der Waals surface area contributed by atoms with E-state index in [1.165, 1.54) is 29.5 Å². The number of hydrogen-bond acceptors (Lipinski definition) is 5. The molecule has 6 atom stereocenters. The SMILES string of the molecule is C=C1[C@H]2CC3C[C@@H]1[C@@H](c1ccc(C(=O)OCC)cc1)N(C3)[C@@H]2c1ccc(C(=O)OCC)cc1. The first-order valence-corrected chi connectivity index (χ1v) is 12.0. The molecule has 6 rings (SSSR count). The van der Waals surface area contributed by atoms with Crippen molar-refractivity contribution in [1.82, 2.24) is 4.90 Å². The van der Waals surface area contributed by atoms with Gasteiger partial charge in [-0.3, -0.25) is 4.90 Å². The third kappa shape index (κ3) is 3.78. The molecular formula is C28H31NO4. The highest BCUT2D eigenvalue weighted by molar-refractivity contribution is 5.89. The van der Waals surface area contributed by atoms with Crippen molar-refractivity contribution in [3.05, 3.63) is 82.9 Å². The summed E-state index contributed by atoms with van der Waals surface area (Å²) in [6.45, 7) is 10.0. The van der Waals surface area contributed by atoms with E-state index in [2.05, 4.69) is 35.7 Å². The maximum Gasteiger partial charge on any atom is 0.338 e. The molecule has 1 aliphatic carbocycles. The molecule has 1 saturated carbocycles. The van der Waals surface area contributed by atoms with E-state index in [4.69, 9.17) is 9.47 Å². The first-order valence-electron chi connectivity index (χ1n) is 12.0. The van der Waals surface area contributed by atoms with E-state index < -0.39 is 0 Å². The number of esters is 2. The number of nitrogens with zero attached hydrogens (tertiary/aromatic N) is 1. The van der Waals surface area contributed by atoms with E-state index in [9.17, 15) is 9.59 Å². The second kappa shape index (κ2) is 8.79. The molecule has 2 aromatic carbocycles. The Bertz CT molecular complexity index is 977. The summed E-state index contributed by atoms with van der Waals surface area (Å²) in [5, 5.41) is 0. The molecule has 2 unspecified atom stereocenters. The van der Waals surface area contributed by atoms with Crippen molar-refractivity contribution < 1.29 is 19.1 Å². The van der Waals surface area contributed by atoms with Gasteiger partial charge in [-0.05, 0) is 79.8 Å². The van der Waals surface area contributed by atoms with Crippen LogP contribution in [0.25, 0.3) is 0 Å². The van der Waals surface area contributed by atoms with Crippen LogP contribution in [0, 0.1) is 17.8 Å². The van der Waals surface area contributed by atoms with Gasteiger partial charge in [0.05, 0.1) is 24.3 Å². The second-order valence-corrected chi connectivity index (χ2v) is 9.40. The smallest absolute Gasteiger partial charge is 0.338 e. The van der Waals surface area contributed by atoms with Gasteiger partial charge in [0.25, 0.3) is 0 Å². The van der Waals surface area contributed by atoms with Gasteiger partial charge in [-0.25, -0.2) is 9.59 Å². The lowest BCUT2D eigenvalue weighted by Crippen LogP contribution is -2.57. The molecule has 3 aliphatic heterocycles. The quantitative estimate of drug-likeness (QED) is 0.443. The minimum atomic E-state index is -0.279. The zero-order chi connectivity index (χ0) is 23.1. The first kappa shape index (κ1) is 21.9. The van der Waals surface area contributed by atoms with Crippen molar-refractivity contribution in [2.24, 2.45) is 17.8 Å². The predicted octanol–water partition coefficient (Wildman–Crippen LogP) is 5.35. The van der Waals surface area contributed by atoms with Gasteiger partial charge in [0, 0.05) is 18.6 Å². The van der Waals surface area contributed by atoms with Crippen LogP contribution in [-0.4, -0.2) is 36.6 Å². The Kier molecular flexibility index (Phi) is 5.83. The Morgan fingerprint density at radius 1 is 0.818 bits per heavy atom. The molecule has 5 nitrogen and oxygen atoms in total. The summed E-state index contributed by atoms with van der Waals surface area (Å²) in [6.07, 6.45) is 2.37. The van der Waals surface area contributed by atoms with Crippen LogP contribution in [0.2, 0.25) is 0 Å². The van der Waals surface area contributed by atoms with Crippen molar-refractivity contribution in [3.8, 4) is 0 Å². The minimum Gasteiger partial charge on any atom is -0.462 e. The number of benzene rings is 2. The number of ether oxygens (including phenoxy) is 2. The van der Waals surface area contributed by atoms with E-state index in [-0.39, 0.29) is 24.0 Å². The third-order valence-corrected chi connectivity index (χ3v) is 7.60. The molecule has 4 aliphatic rings. The van der Waals surface area contributed by atoms with Crippen molar-refractivity contribution in [3.63, 3.8) is 0 Å². The van der Waals surface area contributed by atoms with E-state index in [0.29, 0.717) is 42.1 Å². The molecule has 0 N–H and O–H groups in total. The van der Waals surface area contributed by atoms with Gasteiger partial charge in [0.1, 0.15) is 0 Å². The molecule has 5 heteroatoms. The monoisotopic (exact) mass is 445 g/mol. The third-order valence-electron chi connectivity index (χ3n) is 7.60. The highest BCUT2D eigenvalue weighted by atomic mass is 16.5. The van der Waals surface area contributed by atoms with Crippen molar-refractivity contribution in [1.29, 1.82) is 0 Å². The summed E-state index contributed by atoms with van der Waals surface area (Å²) in [5.41, 5.74) is 4.97. The lowest BCUT2D eigenvalue weighted by Gasteiger charge is -2.61. The fraction of sp³-hybridized carbons (Fsp3) is 0.429. The fourth-order valence-electron chi connectivity index (χ4n) is 6.27. The van der Waals surface area contributed by atoms with Crippen LogP contribution in [0.3, 0.4) is 0 Å². The zero-order valence-corrected chi connectivity index (χ0v) is 19.3. The topological polar surface area (TPSA) is 55.8 Å². The van der Waals surface area contributed by atoms with Gasteiger partial charge in [-0.15, -0.1) is 0 Å². The summed E-state index contributed by atoms with van der Waals surface area (Å²) >= 11 is 0. The van der Waals surface area contributed by atoms with Crippen LogP contribution >= 0.6 is 0 Å². The summed E-state index contributed by atoms with van der Waals surface area (Å²) < 4.78 is 10.3. The molecule has 172 valence electrons. The van der Waals surface area contributed by atoms with Gasteiger partial charge in [-0.1, -0.05) is 36.4 Å². The molecule has 0 amide bonds. The van der Waals surface area contributed by atoms with Gasteiger partial charge >= 0.3 is 11.9 Å². The molecule has 3 saturated heterocycles. The van der Waals surface area contributed by atoms with Gasteiger partial charge < -0.3 is 9.47 Å². The normalized spacial score (nSPS) is 29.7. The van der Waals surface area contributed by atoms with Crippen LogP contribution in [0.5, 0.6) is 0 Å². The predicted molar refractivity (Wildman–Crippen MR) is 126 cm³/mol. The molecule has 0 radical (unpaired) electrons. The molecule has 0 spiro atoms. The average molecular weight is 446 g/mol. The number of carbonyl (C=O) groups excluding carboxylic acids is 2. The number of rotatable bonds is 6. The van der Waals surface area contributed by atoms with E-state index in [0.717, 1.165) is 6.54 Å². The van der Waals surface area contributed by atoms with E-state index >= 15 is 0 Å². The Morgan fingerprint density at radius 2 is 1.24 bits per heavy atom. The highest BCUT2D eigenvalue weighted by Crippen LogP contribution is 2.61. The molecule has 3 heterocycles. The van der Waals surface area contributed by atoms with Crippen molar-refractivity contribution in [2.75, 3.05) is 19.8 Å². The second-order valence-electron chi connectivity index (χ2n) is 9.40.